The molecule has 0 spiro atoms. The van der Waals surface area contributed by atoms with Crippen molar-refractivity contribution in [2.75, 3.05) is 46.3 Å². The summed E-state index contributed by atoms with van der Waals surface area (Å²) in [4.78, 5) is 20.1. The van der Waals surface area contributed by atoms with Crippen molar-refractivity contribution < 1.29 is 0 Å². The van der Waals surface area contributed by atoms with Crippen molar-refractivity contribution in [2.45, 2.75) is 37.9 Å². The van der Waals surface area contributed by atoms with Gasteiger partial charge >= 0.3 is 0 Å². The van der Waals surface area contributed by atoms with Crippen molar-refractivity contribution in [3.05, 3.63) is 87.9 Å². The zero-order valence-corrected chi connectivity index (χ0v) is 22.6. The Labute approximate surface area is 223 Å². The van der Waals surface area contributed by atoms with Gasteiger partial charge in [0.15, 0.2) is 0 Å². The lowest BCUT2D eigenvalue weighted by Crippen LogP contribution is -2.48. The molecule has 7 heteroatoms. The van der Waals surface area contributed by atoms with Gasteiger partial charge in [0.2, 0.25) is 0 Å². The third-order valence-corrected chi connectivity index (χ3v) is 8.74. The molecule has 188 valence electrons. The van der Waals surface area contributed by atoms with E-state index in [4.69, 9.17) is 9.98 Å². The van der Waals surface area contributed by atoms with Crippen LogP contribution in [-0.4, -0.2) is 82.8 Å². The first-order valence-electron chi connectivity index (χ1n) is 13.2. The van der Waals surface area contributed by atoms with E-state index in [0.29, 0.717) is 6.04 Å². The molecular weight excluding hydrogens is 512 g/mol. The standard InChI is InChI=1S/C29H35BrN6/c1-33-15-17-34(18-16-33)28-13-5-12-27-32-24(21-36(27)28)20-35(19-23-7-2-3-10-25(23)30)26-11-4-8-22-9-6-14-31-29(22)26/h2-3,5-7,9-10,12-14,24,26H,4,8,11,15-21H2,1H3/t24?,26-/m0/s1. The van der Waals surface area contributed by atoms with Gasteiger partial charge in [0.25, 0.3) is 0 Å². The summed E-state index contributed by atoms with van der Waals surface area (Å²) in [5.74, 6) is 2.42. The zero-order chi connectivity index (χ0) is 24.5. The van der Waals surface area contributed by atoms with Gasteiger partial charge in [0.1, 0.15) is 11.7 Å². The Morgan fingerprint density at radius 1 is 1.08 bits per heavy atom. The number of pyridine rings is 1. The topological polar surface area (TPSA) is 38.2 Å². The Hall–Kier alpha value is -2.48. The first kappa shape index (κ1) is 23.9. The van der Waals surface area contributed by atoms with Crippen LogP contribution >= 0.6 is 15.9 Å². The monoisotopic (exact) mass is 546 g/mol. The predicted molar refractivity (Wildman–Crippen MR) is 149 cm³/mol. The van der Waals surface area contributed by atoms with Crippen molar-refractivity contribution in [3.8, 4) is 0 Å². The van der Waals surface area contributed by atoms with Crippen LogP contribution in [0.15, 0.2) is 76.1 Å². The predicted octanol–water partition coefficient (Wildman–Crippen LogP) is 4.47. The lowest BCUT2D eigenvalue weighted by Gasteiger charge is -2.40. The van der Waals surface area contributed by atoms with Gasteiger partial charge in [0.05, 0.1) is 17.8 Å². The number of rotatable bonds is 6. The highest BCUT2D eigenvalue weighted by molar-refractivity contribution is 9.10. The Morgan fingerprint density at radius 3 is 2.81 bits per heavy atom. The van der Waals surface area contributed by atoms with Crippen LogP contribution in [-0.2, 0) is 13.0 Å². The zero-order valence-electron chi connectivity index (χ0n) is 21.1. The molecule has 2 aromatic rings. The molecule has 1 unspecified atom stereocenters. The Bertz CT molecular complexity index is 1180. The highest BCUT2D eigenvalue weighted by Crippen LogP contribution is 2.35. The molecule has 0 radical (unpaired) electrons. The van der Waals surface area contributed by atoms with Gasteiger partial charge < -0.3 is 14.7 Å². The highest BCUT2D eigenvalue weighted by Gasteiger charge is 2.35. The SMILES string of the molecule is CN1CCN(C2=CC=CC3=NC(CN(Cc4ccccc4Br)[C@H]4CCCc5cccnc54)CN23)CC1. The number of aliphatic imine (C=N–C) groups is 1. The second-order valence-electron chi connectivity index (χ2n) is 10.4. The lowest BCUT2D eigenvalue weighted by molar-refractivity contribution is 0.144. The normalized spacial score (nSPS) is 24.0. The number of hydrogen-bond donors (Lipinski definition) is 0. The van der Waals surface area contributed by atoms with Crippen molar-refractivity contribution >= 4 is 21.8 Å². The van der Waals surface area contributed by atoms with Crippen LogP contribution in [0.25, 0.3) is 0 Å². The van der Waals surface area contributed by atoms with Crippen molar-refractivity contribution in [2.24, 2.45) is 4.99 Å². The molecule has 0 N–H and O–H groups in total. The van der Waals surface area contributed by atoms with E-state index in [2.05, 4.69) is 97.2 Å². The average Bonchev–Trinajstić information content (AvgIpc) is 3.32. The summed E-state index contributed by atoms with van der Waals surface area (Å²) < 4.78 is 1.17. The summed E-state index contributed by atoms with van der Waals surface area (Å²) in [7, 11) is 2.21. The molecule has 3 aliphatic heterocycles. The molecule has 6 rings (SSSR count). The van der Waals surface area contributed by atoms with Gasteiger partial charge in [-0.3, -0.25) is 14.9 Å². The summed E-state index contributed by atoms with van der Waals surface area (Å²) in [5.41, 5.74) is 3.99. The Morgan fingerprint density at radius 2 is 1.94 bits per heavy atom. The molecule has 0 bridgehead atoms. The van der Waals surface area contributed by atoms with Gasteiger partial charge in [-0.15, -0.1) is 0 Å². The van der Waals surface area contributed by atoms with Gasteiger partial charge in [-0.25, -0.2) is 0 Å². The first-order chi connectivity index (χ1) is 17.7. The molecule has 4 heterocycles. The number of piperazine rings is 1. The van der Waals surface area contributed by atoms with E-state index in [1.54, 1.807) is 0 Å². The molecule has 1 saturated heterocycles. The maximum Gasteiger partial charge on any atom is 0.129 e. The molecular formula is C29H35BrN6. The number of aryl methyl sites for hydroxylation is 1. The fourth-order valence-corrected chi connectivity index (χ4v) is 6.43. The van der Waals surface area contributed by atoms with E-state index in [9.17, 15) is 0 Å². The number of hydrogen-bond acceptors (Lipinski definition) is 6. The summed E-state index contributed by atoms with van der Waals surface area (Å²) >= 11 is 3.80. The number of halogens is 1. The summed E-state index contributed by atoms with van der Waals surface area (Å²) in [6, 6.07) is 13.5. The highest BCUT2D eigenvalue weighted by atomic mass is 79.9. The largest absolute Gasteiger partial charge is 0.355 e. The minimum Gasteiger partial charge on any atom is -0.355 e. The molecule has 2 atom stereocenters. The van der Waals surface area contributed by atoms with Crippen molar-refractivity contribution in [1.82, 2.24) is 24.6 Å². The van der Waals surface area contributed by atoms with E-state index in [-0.39, 0.29) is 6.04 Å². The van der Waals surface area contributed by atoms with Crippen LogP contribution in [0.5, 0.6) is 0 Å². The van der Waals surface area contributed by atoms with Crippen LogP contribution in [0.1, 0.15) is 35.7 Å². The van der Waals surface area contributed by atoms with E-state index >= 15 is 0 Å². The molecule has 1 aromatic carbocycles. The smallest absolute Gasteiger partial charge is 0.129 e. The maximum atomic E-state index is 5.23. The molecule has 36 heavy (non-hydrogen) atoms. The van der Waals surface area contributed by atoms with E-state index in [1.165, 1.54) is 33.5 Å². The van der Waals surface area contributed by atoms with Gasteiger partial charge in [-0.05, 0) is 61.7 Å². The van der Waals surface area contributed by atoms with Crippen molar-refractivity contribution in [3.63, 3.8) is 0 Å². The van der Waals surface area contributed by atoms with Gasteiger partial charge in [0, 0.05) is 56.5 Å². The maximum absolute atomic E-state index is 5.23. The minimum atomic E-state index is 0.232. The number of nitrogens with zero attached hydrogens (tertiary/aromatic N) is 6. The molecule has 1 aliphatic carbocycles. The molecule has 4 aliphatic rings. The quantitative estimate of drug-likeness (QED) is 0.534. The molecule has 1 aromatic heterocycles. The summed E-state index contributed by atoms with van der Waals surface area (Å²) in [6.45, 7) is 7.11. The van der Waals surface area contributed by atoms with Crippen LogP contribution < -0.4 is 0 Å². The fourth-order valence-electron chi connectivity index (χ4n) is 6.02. The molecule has 0 amide bonds. The first-order valence-corrected chi connectivity index (χ1v) is 14.0. The third-order valence-electron chi connectivity index (χ3n) is 7.96. The van der Waals surface area contributed by atoms with Crippen molar-refractivity contribution in [1.29, 1.82) is 0 Å². The van der Waals surface area contributed by atoms with E-state index in [1.807, 2.05) is 6.20 Å². The number of aromatic nitrogens is 1. The Balaban J connectivity index is 1.24. The molecule has 6 nitrogen and oxygen atoms in total. The number of fused-ring (bicyclic) bond motifs is 2. The van der Waals surface area contributed by atoms with Crippen LogP contribution in [0.3, 0.4) is 0 Å². The fraction of sp³-hybridized carbons (Fsp3) is 0.448. The lowest BCUT2D eigenvalue weighted by atomic mass is 9.90. The Kier molecular flexibility index (Phi) is 6.96. The second kappa shape index (κ2) is 10.5. The molecule has 1 fully saturated rings. The minimum absolute atomic E-state index is 0.232. The average molecular weight is 548 g/mol. The van der Waals surface area contributed by atoms with Gasteiger partial charge in [-0.2, -0.15) is 0 Å². The van der Waals surface area contributed by atoms with Crippen LogP contribution in [0, 0.1) is 0 Å². The summed E-state index contributed by atoms with van der Waals surface area (Å²) in [5, 5.41) is 0. The van der Waals surface area contributed by atoms with Crippen LogP contribution in [0.2, 0.25) is 0 Å². The number of likely N-dealkylation sites (N-methyl/N-ethyl adjacent to an activating group) is 1. The third kappa shape index (κ3) is 4.89. The van der Waals surface area contributed by atoms with Gasteiger partial charge in [-0.1, -0.05) is 46.3 Å². The number of amidine groups is 1. The van der Waals surface area contributed by atoms with Crippen LogP contribution in [0.4, 0.5) is 0 Å². The van der Waals surface area contributed by atoms with E-state index < -0.39 is 0 Å². The molecule has 0 saturated carbocycles. The number of benzene rings is 1. The summed E-state index contributed by atoms with van der Waals surface area (Å²) in [6.07, 6.45) is 12.1. The number of allylic oxidation sites excluding steroid dienone is 2. The second-order valence-corrected chi connectivity index (χ2v) is 11.3. The van der Waals surface area contributed by atoms with E-state index in [0.717, 1.165) is 64.5 Å².